The maximum Gasteiger partial charge on any atom is 0.119 e. The monoisotopic (exact) mass is 514 g/mol. The first-order valence-electron chi connectivity index (χ1n) is 15.9. The summed E-state index contributed by atoms with van der Waals surface area (Å²) < 4.78 is 12.5. The zero-order valence-electron chi connectivity index (χ0n) is 24.1. The highest BCUT2D eigenvalue weighted by atomic mass is 16.5. The molecule has 0 N–H and O–H groups in total. The summed E-state index contributed by atoms with van der Waals surface area (Å²) in [6.45, 7) is 8.80. The summed E-state index contributed by atoms with van der Waals surface area (Å²) in [5, 5.41) is 0. The first kappa shape index (κ1) is 26.3. The van der Waals surface area contributed by atoms with Crippen LogP contribution >= 0.6 is 0 Å². The van der Waals surface area contributed by atoms with Gasteiger partial charge in [0.15, 0.2) is 0 Å². The number of hydrogen-bond acceptors (Lipinski definition) is 2. The van der Waals surface area contributed by atoms with Crippen molar-refractivity contribution in [3.63, 3.8) is 0 Å². The highest BCUT2D eigenvalue weighted by Gasteiger charge is 2.60. The molecule has 0 radical (unpaired) electrons. The smallest absolute Gasteiger partial charge is 0.119 e. The van der Waals surface area contributed by atoms with Gasteiger partial charge in [-0.2, -0.15) is 0 Å². The summed E-state index contributed by atoms with van der Waals surface area (Å²) in [5.41, 5.74) is 1.08. The van der Waals surface area contributed by atoms with Crippen LogP contribution < -0.4 is 9.47 Å². The van der Waals surface area contributed by atoms with Gasteiger partial charge in [0.25, 0.3) is 0 Å². The number of hydrogen-bond donors (Lipinski definition) is 0. The zero-order chi connectivity index (χ0) is 26.2. The molecule has 0 bridgehead atoms. The highest BCUT2D eigenvalue weighted by molar-refractivity contribution is 5.22. The maximum absolute atomic E-state index is 6.47. The Labute approximate surface area is 231 Å². The summed E-state index contributed by atoms with van der Waals surface area (Å²) >= 11 is 0. The predicted octanol–water partition coefficient (Wildman–Crippen LogP) is 9.59. The predicted molar refractivity (Wildman–Crippen MR) is 156 cm³/mol. The van der Waals surface area contributed by atoms with Crippen LogP contribution in [0.2, 0.25) is 0 Å². The molecule has 2 unspecified atom stereocenters. The lowest BCUT2D eigenvalue weighted by molar-refractivity contribution is -0.126. The minimum atomic E-state index is 0.406. The van der Waals surface area contributed by atoms with Crippen molar-refractivity contribution in [2.75, 3.05) is 6.61 Å². The van der Waals surface area contributed by atoms with Gasteiger partial charge in [-0.3, -0.25) is 0 Å². The Bertz CT molecular complexity index is 1040. The molecule has 2 nitrogen and oxygen atoms in total. The van der Waals surface area contributed by atoms with E-state index in [0.717, 1.165) is 53.6 Å². The maximum atomic E-state index is 6.47. The van der Waals surface area contributed by atoms with E-state index in [9.17, 15) is 0 Å². The van der Waals surface area contributed by atoms with E-state index in [1.165, 1.54) is 70.6 Å². The molecule has 2 heteroatoms. The first-order chi connectivity index (χ1) is 18.5. The number of fused-ring (bicyclic) bond motifs is 5. The molecule has 6 rings (SSSR count). The molecule has 0 spiro atoms. The standard InChI is InChI=1S/C36H50O2/c1-26(11-10-24-37-28-12-6-4-7-13-28)32-18-19-33-31-17-16-27-25-30(38-29-14-8-5-9-15-29)20-22-35(27,2)34(31)21-23-36(32,33)3/h4-9,12-15,26-27,30-34H,10-11,16-25H2,1-3H3/t26-,27?,30?,31+,32-,33+,34+,35+,36-/m1/s1. The van der Waals surface area contributed by atoms with Crippen molar-refractivity contribution in [1.82, 2.24) is 0 Å². The molecule has 9 atom stereocenters. The van der Waals surface area contributed by atoms with Gasteiger partial charge in [-0.15, -0.1) is 0 Å². The van der Waals surface area contributed by atoms with Gasteiger partial charge in [0.1, 0.15) is 11.5 Å². The van der Waals surface area contributed by atoms with Crippen LogP contribution in [0.3, 0.4) is 0 Å². The normalized spacial score (nSPS) is 38.9. The van der Waals surface area contributed by atoms with E-state index in [0.29, 0.717) is 16.9 Å². The van der Waals surface area contributed by atoms with Crippen LogP contribution in [-0.4, -0.2) is 12.7 Å². The summed E-state index contributed by atoms with van der Waals surface area (Å²) in [7, 11) is 0. The minimum absolute atomic E-state index is 0.406. The molecule has 0 heterocycles. The lowest BCUT2D eigenvalue weighted by atomic mass is 9.44. The average Bonchev–Trinajstić information content (AvgIpc) is 3.30. The first-order valence-corrected chi connectivity index (χ1v) is 15.9. The fourth-order valence-corrected chi connectivity index (χ4v) is 10.3. The third kappa shape index (κ3) is 4.90. The zero-order valence-corrected chi connectivity index (χ0v) is 24.1. The Hall–Kier alpha value is -1.96. The number of rotatable bonds is 8. The van der Waals surface area contributed by atoms with E-state index < -0.39 is 0 Å². The lowest BCUT2D eigenvalue weighted by Gasteiger charge is -2.61. The van der Waals surface area contributed by atoms with Crippen LogP contribution in [0.4, 0.5) is 0 Å². The van der Waals surface area contributed by atoms with Crippen LogP contribution in [0, 0.1) is 46.3 Å². The van der Waals surface area contributed by atoms with Crippen molar-refractivity contribution >= 4 is 0 Å². The third-order valence-corrected chi connectivity index (χ3v) is 12.2. The molecule has 4 aliphatic rings. The van der Waals surface area contributed by atoms with E-state index in [2.05, 4.69) is 81.4 Å². The average molecular weight is 515 g/mol. The van der Waals surface area contributed by atoms with Crippen LogP contribution in [0.15, 0.2) is 60.7 Å². The fraction of sp³-hybridized carbons (Fsp3) is 0.667. The molecule has 0 amide bonds. The Morgan fingerprint density at radius 2 is 1.45 bits per heavy atom. The molecule has 38 heavy (non-hydrogen) atoms. The Morgan fingerprint density at radius 3 is 2.21 bits per heavy atom. The number of benzene rings is 2. The quantitative estimate of drug-likeness (QED) is 0.326. The second-order valence-electron chi connectivity index (χ2n) is 14.0. The van der Waals surface area contributed by atoms with Crippen molar-refractivity contribution in [2.45, 2.75) is 97.5 Å². The Morgan fingerprint density at radius 1 is 0.763 bits per heavy atom. The molecular weight excluding hydrogens is 464 g/mol. The summed E-state index contributed by atoms with van der Waals surface area (Å²) in [4.78, 5) is 0. The lowest BCUT2D eigenvalue weighted by Crippen LogP contribution is -2.54. The number of para-hydroxylation sites is 2. The van der Waals surface area contributed by atoms with Crippen molar-refractivity contribution in [3.8, 4) is 11.5 Å². The van der Waals surface area contributed by atoms with Crippen LogP contribution in [0.1, 0.15) is 91.4 Å². The molecule has 2 aromatic carbocycles. The van der Waals surface area contributed by atoms with Gasteiger partial charge in [0, 0.05) is 0 Å². The molecule has 4 fully saturated rings. The highest BCUT2D eigenvalue weighted by Crippen LogP contribution is 2.68. The van der Waals surface area contributed by atoms with Gasteiger partial charge in [-0.05, 0) is 141 Å². The van der Waals surface area contributed by atoms with E-state index in [1.54, 1.807) is 0 Å². The van der Waals surface area contributed by atoms with Crippen molar-refractivity contribution in [1.29, 1.82) is 0 Å². The molecule has 2 aromatic rings. The van der Waals surface area contributed by atoms with E-state index in [1.807, 2.05) is 0 Å². The second kappa shape index (κ2) is 10.9. The molecule has 4 aliphatic carbocycles. The van der Waals surface area contributed by atoms with E-state index >= 15 is 0 Å². The molecule has 0 saturated heterocycles. The van der Waals surface area contributed by atoms with E-state index in [4.69, 9.17) is 9.47 Å². The largest absolute Gasteiger partial charge is 0.494 e. The minimum Gasteiger partial charge on any atom is -0.494 e. The SMILES string of the molecule is C[C@H](CCCOc1ccccc1)[C@H]1CC[C@H]2[C@@H]3CCC4CC(Oc5ccccc5)CC[C@]4(C)[C@H]3CC[C@]12C. The third-order valence-electron chi connectivity index (χ3n) is 12.2. The van der Waals surface area contributed by atoms with Crippen LogP contribution in [0.5, 0.6) is 11.5 Å². The summed E-state index contributed by atoms with van der Waals surface area (Å²) in [5.74, 6) is 7.45. The summed E-state index contributed by atoms with van der Waals surface area (Å²) in [6.07, 6.45) is 15.5. The molecular formula is C36H50O2. The number of ether oxygens (including phenoxy) is 2. The van der Waals surface area contributed by atoms with Crippen molar-refractivity contribution < 1.29 is 9.47 Å². The van der Waals surface area contributed by atoms with Gasteiger partial charge >= 0.3 is 0 Å². The molecule has 0 aliphatic heterocycles. The van der Waals surface area contributed by atoms with E-state index in [-0.39, 0.29) is 0 Å². The Balaban J connectivity index is 1.05. The van der Waals surface area contributed by atoms with Crippen molar-refractivity contribution in [2.24, 2.45) is 46.3 Å². The van der Waals surface area contributed by atoms with Crippen LogP contribution in [-0.2, 0) is 0 Å². The van der Waals surface area contributed by atoms with Gasteiger partial charge in [0.05, 0.1) is 12.7 Å². The van der Waals surface area contributed by atoms with Crippen molar-refractivity contribution in [3.05, 3.63) is 60.7 Å². The molecule has 206 valence electrons. The Kier molecular flexibility index (Phi) is 7.53. The topological polar surface area (TPSA) is 18.5 Å². The second-order valence-corrected chi connectivity index (χ2v) is 14.0. The van der Waals surface area contributed by atoms with Gasteiger partial charge in [-0.25, -0.2) is 0 Å². The fourth-order valence-electron chi connectivity index (χ4n) is 10.3. The molecule has 4 saturated carbocycles. The van der Waals surface area contributed by atoms with Gasteiger partial charge < -0.3 is 9.47 Å². The van der Waals surface area contributed by atoms with Gasteiger partial charge in [-0.1, -0.05) is 57.2 Å². The molecule has 0 aromatic heterocycles. The van der Waals surface area contributed by atoms with Gasteiger partial charge in [0.2, 0.25) is 0 Å². The van der Waals surface area contributed by atoms with Crippen LogP contribution in [0.25, 0.3) is 0 Å². The summed E-state index contributed by atoms with van der Waals surface area (Å²) in [6, 6.07) is 20.8.